The lowest BCUT2D eigenvalue weighted by Gasteiger charge is -2.34. The molecule has 1 aliphatic rings. The Bertz CT molecular complexity index is 291. The van der Waals surface area contributed by atoms with Gasteiger partial charge in [0.15, 0.2) is 0 Å². The van der Waals surface area contributed by atoms with Crippen molar-refractivity contribution in [2.24, 2.45) is 5.73 Å². The highest BCUT2D eigenvalue weighted by Crippen LogP contribution is 2.07. The fraction of sp³-hybridized carbons (Fsp3) is 0.833. The van der Waals surface area contributed by atoms with Crippen LogP contribution in [0, 0.1) is 0 Å². The van der Waals surface area contributed by atoms with Gasteiger partial charge in [-0.05, 0) is 13.3 Å². The van der Waals surface area contributed by atoms with Crippen LogP contribution in [-0.4, -0.2) is 66.6 Å². The first kappa shape index (κ1) is 15.3. The minimum atomic E-state index is 0.143. The van der Waals surface area contributed by atoms with E-state index in [4.69, 9.17) is 22.7 Å². The molecule has 18 heavy (non-hydrogen) atoms. The van der Waals surface area contributed by atoms with Gasteiger partial charge in [-0.2, -0.15) is 0 Å². The second-order valence-electron chi connectivity index (χ2n) is 4.71. The first-order valence-electron chi connectivity index (χ1n) is 6.34. The summed E-state index contributed by atoms with van der Waals surface area (Å²) in [6.07, 6.45) is 1.48. The van der Waals surface area contributed by atoms with Gasteiger partial charge in [0.2, 0.25) is 5.91 Å². The van der Waals surface area contributed by atoms with Gasteiger partial charge in [-0.25, -0.2) is 0 Å². The lowest BCUT2D eigenvalue weighted by atomic mass is 10.2. The van der Waals surface area contributed by atoms with E-state index in [0.717, 1.165) is 32.6 Å². The molecule has 1 aliphatic heterocycles. The Balaban J connectivity index is 2.25. The van der Waals surface area contributed by atoms with Crippen molar-refractivity contribution in [3.63, 3.8) is 0 Å². The predicted octanol–water partition coefficient (Wildman–Crippen LogP) is 0.232. The summed E-state index contributed by atoms with van der Waals surface area (Å²) in [5.74, 6) is 0.217. The Morgan fingerprint density at radius 2 is 2.00 bits per heavy atom. The molecule has 1 unspecified atom stereocenters. The highest BCUT2D eigenvalue weighted by Gasteiger charge is 2.21. The van der Waals surface area contributed by atoms with E-state index in [2.05, 4.69) is 4.90 Å². The summed E-state index contributed by atoms with van der Waals surface area (Å²) in [7, 11) is 1.67. The molecule has 0 spiro atoms. The van der Waals surface area contributed by atoms with Crippen LogP contribution in [0.3, 0.4) is 0 Å². The molecule has 0 aromatic carbocycles. The number of carbonyl (C=O) groups excluding carboxylic acids is 1. The second-order valence-corrected chi connectivity index (χ2v) is 5.23. The molecule has 1 saturated heterocycles. The Kier molecular flexibility index (Phi) is 6.52. The van der Waals surface area contributed by atoms with Crippen LogP contribution in [0.5, 0.6) is 0 Å². The lowest BCUT2D eigenvalue weighted by Crippen LogP contribution is -2.50. The van der Waals surface area contributed by atoms with Crippen molar-refractivity contribution < 1.29 is 9.53 Å². The quantitative estimate of drug-likeness (QED) is 0.702. The molecule has 0 aliphatic carbocycles. The maximum Gasteiger partial charge on any atom is 0.222 e. The van der Waals surface area contributed by atoms with Crippen LogP contribution < -0.4 is 5.73 Å². The van der Waals surface area contributed by atoms with E-state index >= 15 is 0 Å². The average molecular weight is 273 g/mol. The van der Waals surface area contributed by atoms with Crippen LogP contribution in [0.2, 0.25) is 0 Å². The summed E-state index contributed by atoms with van der Waals surface area (Å²) >= 11 is 4.88. The molecule has 0 aromatic rings. The highest BCUT2D eigenvalue weighted by atomic mass is 32.1. The van der Waals surface area contributed by atoms with E-state index in [0.29, 0.717) is 18.0 Å². The second kappa shape index (κ2) is 7.66. The number of thiocarbonyl (C=S) groups is 1. The zero-order chi connectivity index (χ0) is 13.5. The number of hydrogen-bond donors (Lipinski definition) is 1. The zero-order valence-corrected chi connectivity index (χ0v) is 12.0. The molecule has 0 saturated carbocycles. The highest BCUT2D eigenvalue weighted by molar-refractivity contribution is 7.80. The van der Waals surface area contributed by atoms with Crippen molar-refractivity contribution in [3.05, 3.63) is 0 Å². The van der Waals surface area contributed by atoms with E-state index in [1.54, 1.807) is 7.11 Å². The topological polar surface area (TPSA) is 58.8 Å². The number of rotatable bonds is 6. The van der Waals surface area contributed by atoms with Crippen LogP contribution in [0.1, 0.15) is 19.8 Å². The molecular formula is C12H23N3O2S. The monoisotopic (exact) mass is 273 g/mol. The number of piperazine rings is 1. The van der Waals surface area contributed by atoms with E-state index in [-0.39, 0.29) is 12.0 Å². The molecule has 6 heteroatoms. The van der Waals surface area contributed by atoms with Gasteiger partial charge in [0.25, 0.3) is 0 Å². The smallest absolute Gasteiger partial charge is 0.222 e. The minimum absolute atomic E-state index is 0.143. The fourth-order valence-electron chi connectivity index (χ4n) is 1.98. The summed E-state index contributed by atoms with van der Waals surface area (Å²) < 4.78 is 5.14. The van der Waals surface area contributed by atoms with E-state index in [1.807, 2.05) is 11.8 Å². The van der Waals surface area contributed by atoms with Gasteiger partial charge >= 0.3 is 0 Å². The first-order chi connectivity index (χ1) is 8.52. The molecule has 1 heterocycles. The van der Waals surface area contributed by atoms with Gasteiger partial charge in [-0.1, -0.05) is 12.2 Å². The molecule has 104 valence electrons. The summed E-state index contributed by atoms with van der Waals surface area (Å²) in [6, 6.07) is 0. The Hall–Kier alpha value is -0.720. The Labute approximate surface area is 114 Å². The molecule has 1 amide bonds. The van der Waals surface area contributed by atoms with Gasteiger partial charge < -0.3 is 15.4 Å². The minimum Gasteiger partial charge on any atom is -0.392 e. The van der Waals surface area contributed by atoms with Crippen molar-refractivity contribution in [1.29, 1.82) is 0 Å². The van der Waals surface area contributed by atoms with E-state index in [1.165, 1.54) is 0 Å². The molecular weight excluding hydrogens is 250 g/mol. The number of carbonyl (C=O) groups is 1. The van der Waals surface area contributed by atoms with Gasteiger partial charge in [0.1, 0.15) is 0 Å². The van der Waals surface area contributed by atoms with Crippen molar-refractivity contribution in [2.75, 3.05) is 39.8 Å². The van der Waals surface area contributed by atoms with E-state index in [9.17, 15) is 4.79 Å². The number of nitrogens with zero attached hydrogens (tertiary/aromatic N) is 2. The van der Waals surface area contributed by atoms with Crippen LogP contribution in [0.4, 0.5) is 0 Å². The predicted molar refractivity (Wildman–Crippen MR) is 75.5 cm³/mol. The number of amides is 1. The average Bonchev–Trinajstić information content (AvgIpc) is 2.35. The molecule has 1 fully saturated rings. The van der Waals surface area contributed by atoms with Crippen LogP contribution in [-0.2, 0) is 9.53 Å². The molecule has 1 rings (SSSR count). The summed E-state index contributed by atoms with van der Waals surface area (Å²) in [5.41, 5.74) is 5.51. The number of nitrogens with two attached hydrogens (primary N) is 1. The fourth-order valence-corrected chi connectivity index (χ4v) is 2.16. The molecule has 5 nitrogen and oxygen atoms in total. The normalized spacial score (nSPS) is 18.7. The number of hydrogen-bond acceptors (Lipinski definition) is 4. The molecule has 0 aromatic heterocycles. The third-order valence-electron chi connectivity index (χ3n) is 3.27. The van der Waals surface area contributed by atoms with Gasteiger partial charge in [-0.15, -0.1) is 0 Å². The number of ether oxygens (including phenoxy) is 1. The summed E-state index contributed by atoms with van der Waals surface area (Å²) in [4.78, 5) is 16.6. The molecule has 2 N–H and O–H groups in total. The van der Waals surface area contributed by atoms with E-state index < -0.39 is 0 Å². The summed E-state index contributed by atoms with van der Waals surface area (Å²) in [5, 5.41) is 0. The summed E-state index contributed by atoms with van der Waals surface area (Å²) in [6.45, 7) is 5.86. The van der Waals surface area contributed by atoms with Gasteiger partial charge in [-0.3, -0.25) is 9.69 Å². The Morgan fingerprint density at radius 3 is 2.50 bits per heavy atom. The maximum absolute atomic E-state index is 11.9. The Morgan fingerprint density at radius 1 is 1.39 bits per heavy atom. The number of methoxy groups -OCH3 is 1. The molecule has 0 radical (unpaired) electrons. The third-order valence-corrected chi connectivity index (χ3v) is 3.40. The van der Waals surface area contributed by atoms with Crippen molar-refractivity contribution in [2.45, 2.75) is 25.9 Å². The first-order valence-corrected chi connectivity index (χ1v) is 6.75. The lowest BCUT2D eigenvalue weighted by molar-refractivity contribution is -0.133. The van der Waals surface area contributed by atoms with Crippen LogP contribution in [0.25, 0.3) is 0 Å². The van der Waals surface area contributed by atoms with Crippen molar-refractivity contribution in [3.8, 4) is 0 Å². The van der Waals surface area contributed by atoms with Gasteiger partial charge in [0, 0.05) is 46.3 Å². The van der Waals surface area contributed by atoms with Crippen molar-refractivity contribution >= 4 is 23.1 Å². The molecule has 1 atom stereocenters. The maximum atomic E-state index is 11.9. The standard InChI is InChI=1S/C12H23N3O2S/c1-10(17-2)3-4-12(16)15-7-5-14(6-8-15)9-11(13)18/h10H,3-9H2,1-2H3,(H2,13,18). The van der Waals surface area contributed by atoms with Crippen molar-refractivity contribution in [1.82, 2.24) is 9.80 Å². The zero-order valence-electron chi connectivity index (χ0n) is 11.2. The largest absolute Gasteiger partial charge is 0.392 e. The van der Waals surface area contributed by atoms with Crippen LogP contribution >= 0.6 is 12.2 Å². The third kappa shape index (κ3) is 5.29. The van der Waals surface area contributed by atoms with Crippen LogP contribution in [0.15, 0.2) is 0 Å². The van der Waals surface area contributed by atoms with Gasteiger partial charge in [0.05, 0.1) is 11.1 Å². The molecule has 0 bridgehead atoms. The SMILES string of the molecule is COC(C)CCC(=O)N1CCN(CC(N)=S)CC1.